The molecule has 11 heteroatoms. The van der Waals surface area contributed by atoms with E-state index in [1.165, 1.54) is 7.11 Å². The van der Waals surface area contributed by atoms with Gasteiger partial charge in [0.2, 0.25) is 5.89 Å². The zero-order valence-corrected chi connectivity index (χ0v) is 25.7. The third-order valence-electron chi connectivity index (χ3n) is 6.50. The molecule has 0 aliphatic rings. The maximum Gasteiger partial charge on any atom is 0.585 e. The van der Waals surface area contributed by atoms with E-state index in [0.29, 0.717) is 17.2 Å². The predicted octanol–water partition coefficient (Wildman–Crippen LogP) is 8.18. The lowest BCUT2D eigenvalue weighted by molar-refractivity contribution is -0.287. The summed E-state index contributed by atoms with van der Waals surface area (Å²) in [4.78, 5) is 17.2. The Kier molecular flexibility index (Phi) is 10.1. The van der Waals surface area contributed by atoms with Crippen molar-refractivity contribution in [3.63, 3.8) is 0 Å². The van der Waals surface area contributed by atoms with Gasteiger partial charge in [0.25, 0.3) is 0 Å². The number of benzene rings is 4. The fourth-order valence-corrected chi connectivity index (χ4v) is 5.05. The van der Waals surface area contributed by atoms with Crippen LogP contribution in [0, 0.1) is 6.92 Å². The molecule has 44 heavy (non-hydrogen) atoms. The molecular formula is C33H33N2O8P. The van der Waals surface area contributed by atoms with Crippen molar-refractivity contribution in [2.75, 3.05) is 26.1 Å². The second-order valence-electron chi connectivity index (χ2n) is 9.91. The van der Waals surface area contributed by atoms with Crippen LogP contribution >= 0.6 is 7.82 Å². The Labute approximate surface area is 256 Å². The van der Waals surface area contributed by atoms with Crippen LogP contribution < -0.4 is 14.2 Å². The summed E-state index contributed by atoms with van der Waals surface area (Å²) in [5.74, 6) is 1.34. The van der Waals surface area contributed by atoms with Crippen LogP contribution in [0.1, 0.15) is 16.9 Å². The van der Waals surface area contributed by atoms with Crippen LogP contribution in [0.4, 0.5) is 5.69 Å². The van der Waals surface area contributed by atoms with E-state index in [4.69, 9.17) is 37.8 Å². The van der Waals surface area contributed by atoms with Gasteiger partial charge in [0.1, 0.15) is 24.7 Å². The lowest BCUT2D eigenvalue weighted by Gasteiger charge is -2.18. The summed E-state index contributed by atoms with van der Waals surface area (Å²) in [6, 6.07) is 31.4. The topological polar surface area (TPSA) is 102 Å². The standard InChI is InChI=1S/C33H33N2O8P/c1-24-32(27-15-18-29(19-16-27)35(2)3)34-33(40-24)28-17-20-30(31(21-28)37-4)41-44(36,42-38-22-25-11-7-5-8-12-25)43-39-23-26-13-9-6-10-14-26/h5-21H,22-23H2,1-4H3. The number of hydrogen-bond acceptors (Lipinski definition) is 10. The van der Waals surface area contributed by atoms with E-state index in [9.17, 15) is 4.57 Å². The van der Waals surface area contributed by atoms with Crippen molar-refractivity contribution in [3.05, 3.63) is 120 Å². The van der Waals surface area contributed by atoms with Crippen molar-refractivity contribution in [2.24, 2.45) is 0 Å². The number of oxazole rings is 1. The first-order valence-corrected chi connectivity index (χ1v) is 15.2. The van der Waals surface area contributed by atoms with E-state index in [2.05, 4.69) is 0 Å². The van der Waals surface area contributed by atoms with Gasteiger partial charge in [-0.25, -0.2) is 19.3 Å². The van der Waals surface area contributed by atoms with Gasteiger partial charge >= 0.3 is 7.82 Å². The van der Waals surface area contributed by atoms with Crippen molar-refractivity contribution in [1.29, 1.82) is 0 Å². The van der Waals surface area contributed by atoms with Gasteiger partial charge in [-0.3, -0.25) is 0 Å². The Hall–Kier alpha value is -4.44. The number of rotatable bonds is 14. The van der Waals surface area contributed by atoms with Gasteiger partial charge in [-0.05, 0) is 48.4 Å². The average molecular weight is 617 g/mol. The van der Waals surface area contributed by atoms with Crippen molar-refractivity contribution in [1.82, 2.24) is 4.98 Å². The molecule has 0 aliphatic heterocycles. The average Bonchev–Trinajstić information content (AvgIpc) is 3.43. The first kappa shape index (κ1) is 31.0. The number of anilines is 1. The molecule has 0 fully saturated rings. The van der Waals surface area contributed by atoms with Crippen molar-refractivity contribution in [3.8, 4) is 34.2 Å². The maximum absolute atomic E-state index is 13.7. The number of methoxy groups -OCH3 is 1. The molecule has 0 N–H and O–H groups in total. The van der Waals surface area contributed by atoms with Crippen LogP contribution in [0.15, 0.2) is 108 Å². The minimum Gasteiger partial charge on any atom is -0.493 e. The molecule has 0 atom stereocenters. The summed E-state index contributed by atoms with van der Waals surface area (Å²) < 4.78 is 41.3. The van der Waals surface area contributed by atoms with Crippen molar-refractivity contribution < 1.29 is 37.4 Å². The van der Waals surface area contributed by atoms with Gasteiger partial charge < -0.3 is 18.6 Å². The summed E-state index contributed by atoms with van der Waals surface area (Å²) >= 11 is 0. The quantitative estimate of drug-likeness (QED) is 0.0690. The Morgan fingerprint density at radius 3 is 1.86 bits per heavy atom. The molecule has 1 heterocycles. The van der Waals surface area contributed by atoms with E-state index in [1.54, 1.807) is 18.2 Å². The predicted molar refractivity (Wildman–Crippen MR) is 166 cm³/mol. The molecule has 5 rings (SSSR count). The molecular weight excluding hydrogens is 583 g/mol. The van der Waals surface area contributed by atoms with Gasteiger partial charge in [-0.2, -0.15) is 0 Å². The summed E-state index contributed by atoms with van der Waals surface area (Å²) in [5, 5.41) is 0. The minimum absolute atomic E-state index is 0.00394. The molecule has 0 unspecified atom stereocenters. The zero-order valence-electron chi connectivity index (χ0n) is 24.8. The molecule has 0 aliphatic carbocycles. The third kappa shape index (κ3) is 7.93. The van der Waals surface area contributed by atoms with Crippen LogP contribution in [0.3, 0.4) is 0 Å². The second kappa shape index (κ2) is 14.4. The Bertz CT molecular complexity index is 1640. The minimum atomic E-state index is -4.46. The maximum atomic E-state index is 13.7. The molecule has 10 nitrogen and oxygen atoms in total. The van der Waals surface area contributed by atoms with Crippen LogP contribution in [0.5, 0.6) is 11.5 Å². The van der Waals surface area contributed by atoms with Gasteiger partial charge in [0, 0.05) is 30.9 Å². The highest BCUT2D eigenvalue weighted by molar-refractivity contribution is 7.48. The Morgan fingerprint density at radius 2 is 1.32 bits per heavy atom. The smallest absolute Gasteiger partial charge is 0.493 e. The summed E-state index contributed by atoms with van der Waals surface area (Å²) in [6.07, 6.45) is 0. The summed E-state index contributed by atoms with van der Waals surface area (Å²) in [7, 11) is 0.965. The van der Waals surface area contributed by atoms with Crippen LogP contribution in [-0.4, -0.2) is 26.2 Å². The third-order valence-corrected chi connectivity index (χ3v) is 7.50. The van der Waals surface area contributed by atoms with E-state index >= 15 is 0 Å². The first-order chi connectivity index (χ1) is 21.3. The number of aryl methyl sites for hydroxylation is 1. The van der Waals surface area contributed by atoms with Crippen molar-refractivity contribution >= 4 is 13.5 Å². The molecule has 4 aromatic carbocycles. The Balaban J connectivity index is 1.34. The first-order valence-electron chi connectivity index (χ1n) is 13.8. The Morgan fingerprint density at radius 1 is 0.750 bits per heavy atom. The fraction of sp³-hybridized carbons (Fsp3) is 0.182. The number of ether oxygens (including phenoxy) is 1. The van der Waals surface area contributed by atoms with Gasteiger partial charge in [0.05, 0.1) is 7.11 Å². The summed E-state index contributed by atoms with van der Waals surface area (Å²) in [6.45, 7) is 1.85. The van der Waals surface area contributed by atoms with E-state index in [1.807, 2.05) is 111 Å². The number of hydrogen-bond donors (Lipinski definition) is 0. The molecule has 5 aromatic rings. The van der Waals surface area contributed by atoms with Crippen LogP contribution in [-0.2, 0) is 36.9 Å². The molecule has 0 radical (unpaired) electrons. The SMILES string of the molecule is COc1cc(-c2nc(-c3ccc(N(C)C)cc3)c(C)o2)ccc1OP(=O)(OOCc1ccccc1)OOCc1ccccc1. The highest BCUT2D eigenvalue weighted by Gasteiger charge is 2.34. The molecule has 0 saturated carbocycles. The molecule has 1 aromatic heterocycles. The van der Waals surface area contributed by atoms with E-state index in [0.717, 1.165) is 28.1 Å². The van der Waals surface area contributed by atoms with Gasteiger partial charge in [-0.1, -0.05) is 72.8 Å². The number of phosphoric acid groups is 1. The zero-order chi connectivity index (χ0) is 30.9. The van der Waals surface area contributed by atoms with Gasteiger partial charge in [-0.15, -0.1) is 9.35 Å². The van der Waals surface area contributed by atoms with E-state index in [-0.39, 0.29) is 24.7 Å². The number of nitrogens with zero attached hydrogens (tertiary/aromatic N) is 2. The molecule has 0 spiro atoms. The molecule has 0 amide bonds. The largest absolute Gasteiger partial charge is 0.585 e. The highest BCUT2D eigenvalue weighted by Crippen LogP contribution is 2.52. The van der Waals surface area contributed by atoms with Crippen LogP contribution in [0.2, 0.25) is 0 Å². The second-order valence-corrected chi connectivity index (χ2v) is 11.3. The van der Waals surface area contributed by atoms with Gasteiger partial charge in [0.15, 0.2) is 11.5 Å². The monoisotopic (exact) mass is 616 g/mol. The highest BCUT2D eigenvalue weighted by atomic mass is 31.2. The normalized spacial score (nSPS) is 11.4. The molecule has 0 saturated heterocycles. The lowest BCUT2D eigenvalue weighted by atomic mass is 10.1. The van der Waals surface area contributed by atoms with E-state index < -0.39 is 7.82 Å². The molecule has 0 bridgehead atoms. The number of aromatic nitrogens is 1. The fourth-order valence-electron chi connectivity index (χ4n) is 4.21. The lowest BCUT2D eigenvalue weighted by Crippen LogP contribution is -2.07. The van der Waals surface area contributed by atoms with Crippen LogP contribution in [0.25, 0.3) is 22.7 Å². The summed E-state index contributed by atoms with van der Waals surface area (Å²) in [5.41, 5.74) is 4.93. The van der Waals surface area contributed by atoms with Crippen molar-refractivity contribution in [2.45, 2.75) is 20.1 Å². The molecule has 228 valence electrons.